The molecule has 2 aromatic rings. The fraction of sp³-hybridized carbons (Fsp3) is 0.278. The minimum absolute atomic E-state index is 0.0967. The lowest BCUT2D eigenvalue weighted by Crippen LogP contribution is -2.29. The van der Waals surface area contributed by atoms with Crippen LogP contribution in [0.4, 0.5) is 5.69 Å². The molecule has 2 aromatic carbocycles. The molecular weight excluding hydrogens is 308 g/mol. The van der Waals surface area contributed by atoms with Crippen LogP contribution in [0.2, 0.25) is 0 Å². The molecule has 0 radical (unpaired) electrons. The Labute approximate surface area is 141 Å². The maximum Gasteiger partial charge on any atom is 0.239 e. The summed E-state index contributed by atoms with van der Waals surface area (Å²) < 4.78 is 15.5. The molecule has 0 aliphatic carbocycles. The second-order valence-electron chi connectivity index (χ2n) is 5.05. The monoisotopic (exact) mass is 330 g/mol. The number of nitrogens with one attached hydrogen (secondary N) is 2. The first kappa shape index (κ1) is 17.5. The molecule has 0 aliphatic rings. The highest BCUT2D eigenvalue weighted by Gasteiger charge is 2.06. The Bertz CT molecular complexity index is 671. The molecule has 1 amide bonds. The summed E-state index contributed by atoms with van der Waals surface area (Å²) in [7, 11) is 4.78. The first-order valence-corrected chi connectivity index (χ1v) is 7.51. The van der Waals surface area contributed by atoms with Gasteiger partial charge in [-0.25, -0.2) is 0 Å². The number of methoxy groups -OCH3 is 3. The number of ether oxygens (including phenoxy) is 3. The number of hydrogen-bond acceptors (Lipinski definition) is 5. The smallest absolute Gasteiger partial charge is 0.239 e. The van der Waals surface area contributed by atoms with E-state index < -0.39 is 0 Å². The molecule has 2 rings (SSSR count). The Morgan fingerprint density at radius 3 is 2.25 bits per heavy atom. The van der Waals surface area contributed by atoms with Crippen molar-refractivity contribution >= 4 is 11.6 Å². The zero-order valence-corrected chi connectivity index (χ0v) is 14.1. The van der Waals surface area contributed by atoms with Crippen LogP contribution in [0.25, 0.3) is 0 Å². The van der Waals surface area contributed by atoms with Gasteiger partial charge in [-0.1, -0.05) is 12.1 Å². The van der Waals surface area contributed by atoms with Crippen molar-refractivity contribution in [1.29, 1.82) is 0 Å². The van der Waals surface area contributed by atoms with Gasteiger partial charge in [0.25, 0.3) is 0 Å². The topological polar surface area (TPSA) is 68.8 Å². The first-order chi connectivity index (χ1) is 11.7. The van der Waals surface area contributed by atoms with E-state index in [4.69, 9.17) is 14.2 Å². The summed E-state index contributed by atoms with van der Waals surface area (Å²) in [4.78, 5) is 11.9. The lowest BCUT2D eigenvalue weighted by atomic mass is 10.2. The van der Waals surface area contributed by atoms with E-state index in [1.807, 2.05) is 30.3 Å². The molecule has 6 nitrogen and oxygen atoms in total. The summed E-state index contributed by atoms with van der Waals surface area (Å²) in [6.45, 7) is 0.641. The maximum atomic E-state index is 11.9. The van der Waals surface area contributed by atoms with Gasteiger partial charge in [-0.05, 0) is 29.8 Å². The predicted molar refractivity (Wildman–Crippen MR) is 92.9 cm³/mol. The van der Waals surface area contributed by atoms with Crippen molar-refractivity contribution in [1.82, 2.24) is 5.32 Å². The van der Waals surface area contributed by atoms with Crippen molar-refractivity contribution in [2.24, 2.45) is 0 Å². The molecule has 6 heteroatoms. The largest absolute Gasteiger partial charge is 0.497 e. The minimum Gasteiger partial charge on any atom is -0.497 e. The normalized spacial score (nSPS) is 9.96. The van der Waals surface area contributed by atoms with Gasteiger partial charge in [0.05, 0.1) is 27.9 Å². The fourth-order valence-corrected chi connectivity index (χ4v) is 2.14. The van der Waals surface area contributed by atoms with Gasteiger partial charge in [0.15, 0.2) is 11.5 Å². The number of benzene rings is 2. The van der Waals surface area contributed by atoms with E-state index in [1.165, 1.54) is 0 Å². The average Bonchev–Trinajstić information content (AvgIpc) is 2.64. The van der Waals surface area contributed by atoms with Crippen molar-refractivity contribution in [3.8, 4) is 17.2 Å². The predicted octanol–water partition coefficient (Wildman–Crippen LogP) is 2.44. The Hall–Kier alpha value is -2.89. The average molecular weight is 330 g/mol. The zero-order chi connectivity index (χ0) is 17.4. The molecule has 0 aromatic heterocycles. The van der Waals surface area contributed by atoms with Crippen molar-refractivity contribution < 1.29 is 19.0 Å². The number of carbonyl (C=O) groups excluding carboxylic acids is 1. The third kappa shape index (κ3) is 4.81. The van der Waals surface area contributed by atoms with Crippen LogP contribution in [-0.4, -0.2) is 33.8 Å². The Kier molecular flexibility index (Phi) is 6.31. The summed E-state index contributed by atoms with van der Waals surface area (Å²) in [6.07, 6.45) is 0. The van der Waals surface area contributed by atoms with Crippen molar-refractivity contribution in [2.45, 2.75) is 6.54 Å². The molecule has 0 saturated heterocycles. The summed E-state index contributed by atoms with van der Waals surface area (Å²) in [6, 6.07) is 13.0. The van der Waals surface area contributed by atoms with Crippen LogP contribution in [0, 0.1) is 0 Å². The molecule has 0 fully saturated rings. The van der Waals surface area contributed by atoms with Crippen LogP contribution in [0.5, 0.6) is 17.2 Å². The van der Waals surface area contributed by atoms with Gasteiger partial charge in [0, 0.05) is 18.3 Å². The summed E-state index contributed by atoms with van der Waals surface area (Å²) >= 11 is 0. The lowest BCUT2D eigenvalue weighted by molar-refractivity contribution is -0.119. The number of anilines is 1. The summed E-state index contributed by atoms with van der Waals surface area (Å²) in [5.74, 6) is 1.95. The second-order valence-corrected chi connectivity index (χ2v) is 5.05. The SMILES string of the molecule is COc1ccc(CNC(=O)CNc2ccc(OC)c(OC)c2)cc1. The minimum atomic E-state index is -0.0967. The maximum absolute atomic E-state index is 11.9. The molecule has 24 heavy (non-hydrogen) atoms. The third-order valence-electron chi connectivity index (χ3n) is 3.49. The standard InChI is InChI=1S/C18H22N2O4/c1-22-15-7-4-13(5-8-15)11-20-18(21)12-19-14-6-9-16(23-2)17(10-14)24-3/h4-10,19H,11-12H2,1-3H3,(H,20,21). The molecular formula is C18H22N2O4. The van der Waals surface area contributed by atoms with Gasteiger partial charge in [0.1, 0.15) is 5.75 Å². The molecule has 0 bridgehead atoms. The summed E-state index contributed by atoms with van der Waals surface area (Å²) in [5.41, 5.74) is 1.79. The Morgan fingerprint density at radius 2 is 1.62 bits per heavy atom. The van der Waals surface area contributed by atoms with Gasteiger partial charge in [0.2, 0.25) is 5.91 Å². The highest BCUT2D eigenvalue weighted by atomic mass is 16.5. The van der Waals surface area contributed by atoms with Crippen molar-refractivity contribution in [3.05, 3.63) is 48.0 Å². The van der Waals surface area contributed by atoms with Crippen LogP contribution in [-0.2, 0) is 11.3 Å². The van der Waals surface area contributed by atoms with Crippen LogP contribution < -0.4 is 24.8 Å². The lowest BCUT2D eigenvalue weighted by Gasteiger charge is -2.11. The van der Waals surface area contributed by atoms with Crippen LogP contribution in [0.3, 0.4) is 0 Å². The van der Waals surface area contributed by atoms with Crippen molar-refractivity contribution in [3.63, 3.8) is 0 Å². The Morgan fingerprint density at radius 1 is 0.917 bits per heavy atom. The van der Waals surface area contributed by atoms with Gasteiger partial charge < -0.3 is 24.8 Å². The second kappa shape index (κ2) is 8.67. The number of rotatable bonds is 8. The van der Waals surface area contributed by atoms with E-state index in [1.54, 1.807) is 33.5 Å². The van der Waals surface area contributed by atoms with Gasteiger partial charge in [-0.15, -0.1) is 0 Å². The molecule has 2 N–H and O–H groups in total. The molecule has 0 unspecified atom stereocenters. The number of carbonyl (C=O) groups is 1. The number of hydrogen-bond donors (Lipinski definition) is 2. The molecule has 0 saturated carbocycles. The molecule has 0 heterocycles. The zero-order valence-electron chi connectivity index (χ0n) is 14.1. The van der Waals surface area contributed by atoms with E-state index >= 15 is 0 Å². The highest BCUT2D eigenvalue weighted by molar-refractivity contribution is 5.80. The van der Waals surface area contributed by atoms with Crippen molar-refractivity contribution in [2.75, 3.05) is 33.2 Å². The van der Waals surface area contributed by atoms with E-state index in [2.05, 4.69) is 10.6 Å². The third-order valence-corrected chi connectivity index (χ3v) is 3.49. The number of amides is 1. The van der Waals surface area contributed by atoms with E-state index in [9.17, 15) is 4.79 Å². The van der Waals surface area contributed by atoms with E-state index in [-0.39, 0.29) is 12.5 Å². The van der Waals surface area contributed by atoms with Crippen LogP contribution in [0.1, 0.15) is 5.56 Å². The van der Waals surface area contributed by atoms with Crippen LogP contribution >= 0.6 is 0 Å². The molecule has 0 atom stereocenters. The van der Waals surface area contributed by atoms with Gasteiger partial charge in [-0.3, -0.25) is 4.79 Å². The molecule has 128 valence electrons. The van der Waals surface area contributed by atoms with Gasteiger partial charge in [-0.2, -0.15) is 0 Å². The fourth-order valence-electron chi connectivity index (χ4n) is 2.14. The molecule has 0 aliphatic heterocycles. The van der Waals surface area contributed by atoms with Gasteiger partial charge >= 0.3 is 0 Å². The highest BCUT2D eigenvalue weighted by Crippen LogP contribution is 2.29. The molecule has 0 spiro atoms. The quantitative estimate of drug-likeness (QED) is 0.778. The first-order valence-electron chi connectivity index (χ1n) is 7.51. The van der Waals surface area contributed by atoms with E-state index in [0.717, 1.165) is 17.0 Å². The summed E-state index contributed by atoms with van der Waals surface area (Å²) in [5, 5.41) is 5.92. The van der Waals surface area contributed by atoms with Crippen LogP contribution in [0.15, 0.2) is 42.5 Å². The van der Waals surface area contributed by atoms with E-state index in [0.29, 0.717) is 18.0 Å². The Balaban J connectivity index is 1.82.